The largest absolute Gasteiger partial charge is 0.384 e. The molecular weight excluding hydrogens is 224 g/mol. The molecule has 4 nitrogen and oxygen atoms in total. The molecule has 3 N–H and O–H groups in total. The predicted molar refractivity (Wildman–Crippen MR) is 75.4 cm³/mol. The Morgan fingerprint density at radius 1 is 1.39 bits per heavy atom. The average molecular weight is 246 g/mol. The van der Waals surface area contributed by atoms with Crippen LogP contribution in [0.15, 0.2) is 6.07 Å². The molecule has 2 rings (SSSR count). The van der Waals surface area contributed by atoms with Gasteiger partial charge in [0.2, 0.25) is 0 Å². The Hall–Kier alpha value is -1.58. The standard InChI is InChI=1S/C14H22N4/c1-9-8-12(13(14(15)16)10(2)17-9)18(3)11-6-4-5-7-11/h8,11H,4-7H2,1-3H3,(H3,15,16). The van der Waals surface area contributed by atoms with E-state index < -0.39 is 0 Å². The summed E-state index contributed by atoms with van der Waals surface area (Å²) in [5.74, 6) is 0.111. The highest BCUT2D eigenvalue weighted by atomic mass is 15.1. The third-order valence-electron chi connectivity index (χ3n) is 3.83. The van der Waals surface area contributed by atoms with Crippen molar-refractivity contribution in [3.8, 4) is 0 Å². The molecule has 1 aliphatic carbocycles. The molecule has 1 aromatic heterocycles. The number of nitrogens with two attached hydrogens (primary N) is 1. The van der Waals surface area contributed by atoms with Crippen LogP contribution in [0.2, 0.25) is 0 Å². The summed E-state index contributed by atoms with van der Waals surface area (Å²) in [5, 5.41) is 7.76. The van der Waals surface area contributed by atoms with Gasteiger partial charge < -0.3 is 10.6 Å². The molecule has 1 saturated carbocycles. The zero-order valence-electron chi connectivity index (χ0n) is 11.5. The van der Waals surface area contributed by atoms with Gasteiger partial charge in [-0.1, -0.05) is 12.8 Å². The van der Waals surface area contributed by atoms with Crippen molar-refractivity contribution >= 4 is 11.5 Å². The number of aryl methyl sites for hydroxylation is 2. The lowest BCUT2D eigenvalue weighted by Gasteiger charge is -2.29. The van der Waals surface area contributed by atoms with Crippen LogP contribution in [0.1, 0.15) is 42.6 Å². The van der Waals surface area contributed by atoms with E-state index in [1.807, 2.05) is 19.9 Å². The van der Waals surface area contributed by atoms with E-state index in [1.165, 1.54) is 25.7 Å². The molecule has 1 heterocycles. The molecule has 1 aliphatic rings. The molecule has 0 amide bonds. The second-order valence-electron chi connectivity index (χ2n) is 5.21. The molecule has 0 aromatic carbocycles. The first-order valence-electron chi connectivity index (χ1n) is 6.56. The first-order valence-corrected chi connectivity index (χ1v) is 6.56. The molecule has 0 radical (unpaired) electrons. The summed E-state index contributed by atoms with van der Waals surface area (Å²) in [4.78, 5) is 6.70. The molecule has 1 fully saturated rings. The highest BCUT2D eigenvalue weighted by molar-refractivity contribution is 6.01. The van der Waals surface area contributed by atoms with Crippen molar-refractivity contribution in [2.75, 3.05) is 11.9 Å². The lowest BCUT2D eigenvalue weighted by molar-refractivity contribution is 0.652. The Morgan fingerprint density at radius 3 is 2.56 bits per heavy atom. The van der Waals surface area contributed by atoms with E-state index in [0.717, 1.165) is 22.6 Å². The Labute approximate surface area is 109 Å². The highest BCUT2D eigenvalue weighted by Crippen LogP contribution is 2.30. The average Bonchev–Trinajstić information content (AvgIpc) is 2.79. The van der Waals surface area contributed by atoms with E-state index in [-0.39, 0.29) is 5.84 Å². The molecule has 0 atom stereocenters. The Morgan fingerprint density at radius 2 is 2.00 bits per heavy atom. The Balaban J connectivity index is 2.44. The first-order chi connectivity index (χ1) is 8.50. The minimum absolute atomic E-state index is 0.111. The van der Waals surface area contributed by atoms with Gasteiger partial charge in [-0.2, -0.15) is 0 Å². The zero-order chi connectivity index (χ0) is 13.3. The number of hydrogen-bond donors (Lipinski definition) is 2. The number of nitrogens with one attached hydrogen (secondary N) is 1. The van der Waals surface area contributed by atoms with Gasteiger partial charge in [-0.25, -0.2) is 0 Å². The van der Waals surface area contributed by atoms with Crippen molar-refractivity contribution in [1.82, 2.24) is 4.98 Å². The molecule has 0 saturated heterocycles. The van der Waals surface area contributed by atoms with Crippen molar-refractivity contribution in [3.05, 3.63) is 23.0 Å². The topological polar surface area (TPSA) is 66.0 Å². The number of hydrogen-bond acceptors (Lipinski definition) is 3. The summed E-state index contributed by atoms with van der Waals surface area (Å²) in [7, 11) is 2.11. The molecule has 4 heteroatoms. The summed E-state index contributed by atoms with van der Waals surface area (Å²) in [6, 6.07) is 2.62. The van der Waals surface area contributed by atoms with Gasteiger partial charge in [0.1, 0.15) is 5.84 Å². The van der Waals surface area contributed by atoms with Crippen molar-refractivity contribution in [2.24, 2.45) is 5.73 Å². The van der Waals surface area contributed by atoms with Crippen molar-refractivity contribution in [3.63, 3.8) is 0 Å². The fraction of sp³-hybridized carbons (Fsp3) is 0.571. The van der Waals surface area contributed by atoms with Crippen LogP contribution in [-0.2, 0) is 0 Å². The minimum Gasteiger partial charge on any atom is -0.384 e. The molecule has 1 aromatic rings. The summed E-state index contributed by atoms with van der Waals surface area (Å²) >= 11 is 0. The van der Waals surface area contributed by atoms with Crippen LogP contribution < -0.4 is 10.6 Å². The number of aromatic nitrogens is 1. The van der Waals surface area contributed by atoms with Gasteiger partial charge in [0.15, 0.2) is 0 Å². The first kappa shape index (κ1) is 12.9. The third-order valence-corrected chi connectivity index (χ3v) is 3.83. The van der Waals surface area contributed by atoms with Gasteiger partial charge in [-0.3, -0.25) is 10.4 Å². The lowest BCUT2D eigenvalue weighted by atomic mass is 10.1. The second-order valence-corrected chi connectivity index (χ2v) is 5.21. The normalized spacial score (nSPS) is 15.9. The number of anilines is 1. The van der Waals surface area contributed by atoms with Crippen LogP contribution in [-0.4, -0.2) is 23.9 Å². The molecule has 98 valence electrons. The van der Waals surface area contributed by atoms with Crippen LogP contribution in [0.3, 0.4) is 0 Å². The van der Waals surface area contributed by atoms with Gasteiger partial charge in [0.05, 0.1) is 16.9 Å². The van der Waals surface area contributed by atoms with Gasteiger partial charge >= 0.3 is 0 Å². The molecule has 18 heavy (non-hydrogen) atoms. The smallest absolute Gasteiger partial charge is 0.126 e. The summed E-state index contributed by atoms with van der Waals surface area (Å²) < 4.78 is 0. The van der Waals surface area contributed by atoms with Gasteiger partial charge in [0.25, 0.3) is 0 Å². The van der Waals surface area contributed by atoms with E-state index in [0.29, 0.717) is 6.04 Å². The van der Waals surface area contributed by atoms with Crippen LogP contribution in [0.5, 0.6) is 0 Å². The van der Waals surface area contributed by atoms with Crippen molar-refractivity contribution < 1.29 is 0 Å². The molecule has 0 aliphatic heterocycles. The van der Waals surface area contributed by atoms with Crippen LogP contribution in [0.4, 0.5) is 5.69 Å². The number of nitrogens with zero attached hydrogens (tertiary/aromatic N) is 2. The molecule has 0 spiro atoms. The van der Waals surface area contributed by atoms with Crippen LogP contribution in [0.25, 0.3) is 0 Å². The number of rotatable bonds is 3. The highest BCUT2D eigenvalue weighted by Gasteiger charge is 2.23. The van der Waals surface area contributed by atoms with E-state index in [4.69, 9.17) is 11.1 Å². The van der Waals surface area contributed by atoms with E-state index in [2.05, 4.69) is 16.9 Å². The summed E-state index contributed by atoms with van der Waals surface area (Å²) in [5.41, 5.74) is 9.39. The third kappa shape index (κ3) is 2.33. The minimum atomic E-state index is 0.111. The summed E-state index contributed by atoms with van der Waals surface area (Å²) in [6.07, 6.45) is 5.06. The number of amidine groups is 1. The monoisotopic (exact) mass is 246 g/mol. The fourth-order valence-corrected chi connectivity index (χ4v) is 2.91. The van der Waals surface area contributed by atoms with Gasteiger partial charge in [0, 0.05) is 18.8 Å². The van der Waals surface area contributed by atoms with Crippen LogP contribution >= 0.6 is 0 Å². The second kappa shape index (κ2) is 4.96. The number of pyridine rings is 1. The maximum Gasteiger partial charge on any atom is 0.126 e. The molecule has 0 unspecified atom stereocenters. The number of nitrogen functional groups attached to an aromatic ring is 1. The van der Waals surface area contributed by atoms with E-state index >= 15 is 0 Å². The fourth-order valence-electron chi connectivity index (χ4n) is 2.91. The van der Waals surface area contributed by atoms with Crippen molar-refractivity contribution in [1.29, 1.82) is 5.41 Å². The quantitative estimate of drug-likeness (QED) is 0.635. The SMILES string of the molecule is Cc1cc(N(C)C2CCCC2)c(C(=N)N)c(C)n1. The van der Waals surface area contributed by atoms with E-state index in [9.17, 15) is 0 Å². The summed E-state index contributed by atoms with van der Waals surface area (Å²) in [6.45, 7) is 3.92. The van der Waals surface area contributed by atoms with Gasteiger partial charge in [-0.15, -0.1) is 0 Å². The molecule has 0 bridgehead atoms. The Bertz CT molecular complexity index is 461. The van der Waals surface area contributed by atoms with Crippen LogP contribution in [0, 0.1) is 19.3 Å². The lowest BCUT2D eigenvalue weighted by Crippen LogP contribution is -2.31. The zero-order valence-corrected chi connectivity index (χ0v) is 11.5. The van der Waals surface area contributed by atoms with Crippen molar-refractivity contribution in [2.45, 2.75) is 45.6 Å². The molecular formula is C14H22N4. The predicted octanol–water partition coefficient (Wildman–Crippen LogP) is 2.36. The maximum absolute atomic E-state index is 7.76. The van der Waals surface area contributed by atoms with E-state index in [1.54, 1.807) is 0 Å². The Kier molecular flexibility index (Phi) is 3.55. The van der Waals surface area contributed by atoms with Gasteiger partial charge in [-0.05, 0) is 32.8 Å². The maximum atomic E-state index is 7.76.